The van der Waals surface area contributed by atoms with Crippen molar-refractivity contribution in [2.45, 2.75) is 30.6 Å². The molecule has 0 radical (unpaired) electrons. The van der Waals surface area contributed by atoms with E-state index in [0.717, 1.165) is 9.13 Å². The van der Waals surface area contributed by atoms with Crippen LogP contribution in [0.2, 0.25) is 5.28 Å². The minimum absolute atomic E-state index is 0.0610. The van der Waals surface area contributed by atoms with Crippen LogP contribution in [0.25, 0.3) is 11.2 Å². The van der Waals surface area contributed by atoms with Crippen LogP contribution in [-0.2, 0) is 16.0 Å². The quantitative estimate of drug-likeness (QED) is 0.338. The van der Waals surface area contributed by atoms with Crippen LogP contribution < -0.4 is 5.32 Å². The summed E-state index contributed by atoms with van der Waals surface area (Å²) in [5, 5.41) is 23.4. The maximum absolute atomic E-state index is 10.4. The molecule has 5 rings (SSSR count). The van der Waals surface area contributed by atoms with Crippen molar-refractivity contribution in [1.82, 2.24) is 19.5 Å². The van der Waals surface area contributed by atoms with Gasteiger partial charge in [-0.3, -0.25) is 4.57 Å². The molecule has 1 aromatic carbocycles. The van der Waals surface area contributed by atoms with Gasteiger partial charge in [0.15, 0.2) is 23.2 Å². The Morgan fingerprint density at radius 3 is 3.00 bits per heavy atom. The number of hydrogen-bond acceptors (Lipinski definition) is 8. The number of anilines is 1. The van der Waals surface area contributed by atoms with E-state index in [2.05, 4.69) is 48.9 Å². The van der Waals surface area contributed by atoms with E-state index in [-0.39, 0.29) is 18.5 Å². The molecule has 3 N–H and O–H groups in total. The highest BCUT2D eigenvalue weighted by molar-refractivity contribution is 14.1. The average molecular weight is 530 g/mol. The van der Waals surface area contributed by atoms with Crippen LogP contribution >= 0.6 is 34.2 Å². The van der Waals surface area contributed by atoms with Crippen LogP contribution in [0.15, 0.2) is 30.6 Å². The summed E-state index contributed by atoms with van der Waals surface area (Å²) in [5.74, 6) is 0.499. The first-order valence-corrected chi connectivity index (χ1v) is 10.4. The molecule has 0 saturated carbocycles. The molecule has 4 atom stereocenters. The smallest absolute Gasteiger partial charge is 0.226 e. The van der Waals surface area contributed by atoms with Crippen molar-refractivity contribution >= 4 is 51.2 Å². The van der Waals surface area contributed by atoms with E-state index in [1.54, 1.807) is 10.9 Å². The number of nitrogens with zero attached hydrogens (tertiary/aromatic N) is 4. The van der Waals surface area contributed by atoms with Crippen molar-refractivity contribution in [2.24, 2.45) is 0 Å². The third kappa shape index (κ3) is 3.18. The van der Waals surface area contributed by atoms with Crippen molar-refractivity contribution in [3.63, 3.8) is 0 Å². The fraction of sp³-hybridized carbons (Fsp3) is 0.389. The van der Waals surface area contributed by atoms with Crippen LogP contribution in [0, 0.1) is 3.57 Å². The van der Waals surface area contributed by atoms with Crippen LogP contribution in [0.3, 0.4) is 0 Å². The molecule has 2 aliphatic heterocycles. The number of benzene rings is 1. The molecule has 9 nitrogen and oxygen atoms in total. The lowest BCUT2D eigenvalue weighted by Crippen LogP contribution is -2.44. The Hall–Kier alpha value is -1.57. The monoisotopic (exact) mass is 529 g/mol. The van der Waals surface area contributed by atoms with Gasteiger partial charge in [-0.05, 0) is 51.9 Å². The van der Waals surface area contributed by atoms with Crippen molar-refractivity contribution < 1.29 is 19.7 Å². The number of aromatic nitrogens is 4. The maximum Gasteiger partial charge on any atom is 0.226 e. The summed E-state index contributed by atoms with van der Waals surface area (Å²) in [6.07, 6.45) is -0.689. The first kappa shape index (κ1) is 19.4. The van der Waals surface area contributed by atoms with E-state index < -0.39 is 24.0 Å². The molecular formula is C18H17ClIN5O4. The zero-order valence-corrected chi connectivity index (χ0v) is 17.9. The fourth-order valence-corrected chi connectivity index (χ4v) is 4.56. The number of aliphatic hydroxyl groups is 2. The van der Waals surface area contributed by atoms with E-state index >= 15 is 0 Å². The second-order valence-corrected chi connectivity index (χ2v) is 8.68. The van der Waals surface area contributed by atoms with Crippen LogP contribution in [0.4, 0.5) is 5.82 Å². The average Bonchev–Trinajstić information content (AvgIpc) is 3.35. The van der Waals surface area contributed by atoms with Gasteiger partial charge in [-0.2, -0.15) is 9.97 Å². The Morgan fingerprint density at radius 1 is 1.38 bits per heavy atom. The normalized spacial score (nSPS) is 28.3. The summed E-state index contributed by atoms with van der Waals surface area (Å²) in [5.41, 5.74) is 0.946. The Labute approximate surface area is 184 Å². The molecule has 1 unspecified atom stereocenters. The molecule has 2 saturated heterocycles. The number of nitrogens with one attached hydrogen (secondary N) is 1. The lowest BCUT2D eigenvalue weighted by molar-refractivity contribution is -0.185. The molecule has 2 aromatic heterocycles. The summed E-state index contributed by atoms with van der Waals surface area (Å²) in [4.78, 5) is 13.0. The Bertz CT molecular complexity index is 1080. The highest BCUT2D eigenvalue weighted by atomic mass is 127. The van der Waals surface area contributed by atoms with Gasteiger partial charge in [-0.25, -0.2) is 4.98 Å². The molecule has 2 fully saturated rings. The molecule has 0 aliphatic carbocycles. The van der Waals surface area contributed by atoms with E-state index in [1.807, 2.05) is 18.2 Å². The molecule has 11 heteroatoms. The molecule has 2 bridgehead atoms. The van der Waals surface area contributed by atoms with E-state index in [4.69, 9.17) is 21.1 Å². The summed E-state index contributed by atoms with van der Waals surface area (Å²) in [7, 11) is 0. The fourth-order valence-electron chi connectivity index (χ4n) is 3.79. The molecule has 152 valence electrons. The van der Waals surface area contributed by atoms with Crippen LogP contribution in [0.5, 0.6) is 0 Å². The second-order valence-electron chi connectivity index (χ2n) is 7.10. The van der Waals surface area contributed by atoms with E-state index in [1.165, 1.54) is 0 Å². The number of hydrogen-bond donors (Lipinski definition) is 3. The highest BCUT2D eigenvalue weighted by Gasteiger charge is 2.61. The zero-order chi connectivity index (χ0) is 20.2. The number of ether oxygens (including phenoxy) is 2. The highest BCUT2D eigenvalue weighted by Crippen LogP contribution is 2.45. The predicted octanol–water partition coefficient (Wildman–Crippen LogP) is 1.72. The third-order valence-corrected chi connectivity index (χ3v) is 6.13. The van der Waals surface area contributed by atoms with E-state index in [9.17, 15) is 10.2 Å². The van der Waals surface area contributed by atoms with Crippen molar-refractivity contribution in [3.05, 3.63) is 45.0 Å². The molecule has 0 amide bonds. The van der Waals surface area contributed by atoms with Gasteiger partial charge in [-0.15, -0.1) is 0 Å². The molecule has 3 aromatic rings. The second kappa shape index (κ2) is 7.29. The van der Waals surface area contributed by atoms with Crippen molar-refractivity contribution in [1.29, 1.82) is 0 Å². The molecule has 4 heterocycles. The van der Waals surface area contributed by atoms with E-state index in [0.29, 0.717) is 23.5 Å². The topological polar surface area (TPSA) is 115 Å². The maximum atomic E-state index is 10.4. The Balaban J connectivity index is 1.47. The Kier molecular flexibility index (Phi) is 4.87. The Morgan fingerprint density at radius 2 is 2.24 bits per heavy atom. The summed E-state index contributed by atoms with van der Waals surface area (Å²) < 4.78 is 14.4. The van der Waals surface area contributed by atoms with Gasteiger partial charge < -0.3 is 25.0 Å². The van der Waals surface area contributed by atoms with Crippen LogP contribution in [0.1, 0.15) is 11.8 Å². The first-order valence-electron chi connectivity index (χ1n) is 8.97. The summed E-state index contributed by atoms with van der Waals surface area (Å²) in [6, 6.07) is 8.10. The van der Waals surface area contributed by atoms with Gasteiger partial charge in [0.25, 0.3) is 0 Å². The van der Waals surface area contributed by atoms with Gasteiger partial charge in [-0.1, -0.05) is 12.1 Å². The van der Waals surface area contributed by atoms with Gasteiger partial charge >= 0.3 is 0 Å². The minimum atomic E-state index is -1.13. The van der Waals surface area contributed by atoms with Gasteiger partial charge in [0.2, 0.25) is 5.28 Å². The lowest BCUT2D eigenvalue weighted by Gasteiger charge is -2.29. The third-order valence-electron chi connectivity index (χ3n) is 5.29. The minimum Gasteiger partial charge on any atom is -0.393 e. The number of fused-ring (bicyclic) bond motifs is 3. The molecular weight excluding hydrogens is 513 g/mol. The first-order chi connectivity index (χ1) is 14.0. The number of rotatable bonds is 5. The van der Waals surface area contributed by atoms with Gasteiger partial charge in [0, 0.05) is 10.1 Å². The molecule has 29 heavy (non-hydrogen) atoms. The number of halogens is 2. The van der Waals surface area contributed by atoms with Crippen LogP contribution in [-0.4, -0.2) is 60.8 Å². The number of imidazole rings is 1. The van der Waals surface area contributed by atoms with Crippen molar-refractivity contribution in [2.75, 3.05) is 18.5 Å². The summed E-state index contributed by atoms with van der Waals surface area (Å²) >= 11 is 8.43. The van der Waals surface area contributed by atoms with Crippen molar-refractivity contribution in [3.8, 4) is 0 Å². The summed E-state index contributed by atoms with van der Waals surface area (Å²) in [6.45, 7) is 0.341. The number of aliphatic hydroxyl groups excluding tert-OH is 2. The van der Waals surface area contributed by atoms with Gasteiger partial charge in [0.1, 0.15) is 17.8 Å². The standard InChI is InChI=1S/C18H17ClIN5O4/c19-17-23-14(21-5-9-2-1-3-10(20)4-9)11-15(24-17)25(8-22-11)16-12-13(27)18(6-26,29-16)7-28-12/h1-4,8,12-13,16,26-27H,5-7H2,(H,21,23,24)/t12-,13?,16+,18-/m0/s1. The molecule has 0 spiro atoms. The lowest BCUT2D eigenvalue weighted by atomic mass is 10.0. The predicted molar refractivity (Wildman–Crippen MR) is 113 cm³/mol. The largest absolute Gasteiger partial charge is 0.393 e. The SMILES string of the molecule is OC[C@]12CO[C@@H](C1O)[C@H](n1cnc3c(NCc4cccc(I)c4)nc(Cl)nc31)O2. The molecule has 2 aliphatic rings. The van der Waals surface area contributed by atoms with Gasteiger partial charge in [0.05, 0.1) is 19.5 Å². The zero-order valence-electron chi connectivity index (χ0n) is 15.0.